The number of para-hydroxylation sites is 1. The van der Waals surface area contributed by atoms with Crippen molar-refractivity contribution in [1.82, 2.24) is 14.4 Å². The average Bonchev–Trinajstić information content (AvgIpc) is 3.49. The molecule has 1 N–H and O–H groups in total. The van der Waals surface area contributed by atoms with Gasteiger partial charge in [-0.25, -0.2) is 0 Å². The predicted octanol–water partition coefficient (Wildman–Crippen LogP) is 4.48. The summed E-state index contributed by atoms with van der Waals surface area (Å²) in [5.41, 5.74) is 3.24. The number of carbonyl (C=O) groups excluding carboxylic acids is 2. The zero-order valence-corrected chi connectivity index (χ0v) is 19.7. The molecular weight excluding hydrogens is 412 g/mol. The Morgan fingerprint density at radius 3 is 2.39 bits per heavy atom. The number of rotatable bonds is 5. The molecule has 1 atom stereocenters. The maximum Gasteiger partial charge on any atom is 0.241 e. The molecule has 33 heavy (non-hydrogen) atoms. The zero-order chi connectivity index (χ0) is 22.9. The third kappa shape index (κ3) is 4.12. The fourth-order valence-electron chi connectivity index (χ4n) is 5.61. The first-order valence-corrected chi connectivity index (χ1v) is 12.4. The topological polar surface area (TPSA) is 57.6 Å². The number of amides is 2. The van der Waals surface area contributed by atoms with Gasteiger partial charge in [-0.05, 0) is 76.9 Å². The molecule has 5 rings (SSSR count). The summed E-state index contributed by atoms with van der Waals surface area (Å²) in [5.74, 6) is 0.453. The van der Waals surface area contributed by atoms with Gasteiger partial charge in [0.05, 0.1) is 6.04 Å². The molecule has 0 aliphatic carbocycles. The third-order valence-electron chi connectivity index (χ3n) is 7.58. The molecule has 0 saturated carbocycles. The van der Waals surface area contributed by atoms with Gasteiger partial charge in [0.25, 0.3) is 0 Å². The molecule has 3 aromatic rings. The van der Waals surface area contributed by atoms with Crippen molar-refractivity contribution in [1.29, 1.82) is 0 Å². The molecule has 2 aliphatic rings. The number of aromatic nitrogens is 1. The number of benzene rings is 2. The first-order chi connectivity index (χ1) is 16.1. The monoisotopic (exact) mass is 446 g/mol. The zero-order valence-electron chi connectivity index (χ0n) is 19.7. The minimum absolute atomic E-state index is 0.0119. The Balaban J connectivity index is 1.25. The number of carbonyl (C=O) groups is 2. The third-order valence-corrected chi connectivity index (χ3v) is 7.58. The Morgan fingerprint density at radius 1 is 0.970 bits per heavy atom. The highest BCUT2D eigenvalue weighted by atomic mass is 16.2. The van der Waals surface area contributed by atoms with Crippen molar-refractivity contribution in [2.75, 3.05) is 31.5 Å². The molecule has 1 unspecified atom stereocenters. The number of piperidine rings is 1. The molecule has 2 aliphatic heterocycles. The quantitative estimate of drug-likeness (QED) is 0.629. The second-order valence-electron chi connectivity index (χ2n) is 9.50. The first-order valence-electron chi connectivity index (χ1n) is 12.4. The molecule has 0 bridgehead atoms. The Morgan fingerprint density at radius 2 is 1.67 bits per heavy atom. The van der Waals surface area contributed by atoms with Gasteiger partial charge in [0.1, 0.15) is 0 Å². The van der Waals surface area contributed by atoms with Crippen LogP contribution in [0.4, 0.5) is 5.69 Å². The van der Waals surface area contributed by atoms with E-state index in [1.165, 1.54) is 21.8 Å². The van der Waals surface area contributed by atoms with Crippen LogP contribution in [0.2, 0.25) is 0 Å². The summed E-state index contributed by atoms with van der Waals surface area (Å²) in [6, 6.07) is 14.4. The van der Waals surface area contributed by atoms with Gasteiger partial charge in [-0.3, -0.25) is 14.5 Å². The number of aryl methyl sites for hydroxylation is 1. The van der Waals surface area contributed by atoms with Gasteiger partial charge in [0, 0.05) is 53.0 Å². The Labute approximate surface area is 195 Å². The molecule has 6 heteroatoms. The van der Waals surface area contributed by atoms with Gasteiger partial charge in [0.2, 0.25) is 11.8 Å². The smallest absolute Gasteiger partial charge is 0.241 e. The van der Waals surface area contributed by atoms with E-state index in [9.17, 15) is 9.59 Å². The summed E-state index contributed by atoms with van der Waals surface area (Å²) in [6.07, 6.45) is 3.95. The fourth-order valence-corrected chi connectivity index (χ4v) is 5.61. The maximum atomic E-state index is 13.1. The Hall–Kier alpha value is -2.86. The molecule has 2 aromatic carbocycles. The van der Waals surface area contributed by atoms with E-state index in [0.717, 1.165) is 64.1 Å². The second-order valence-corrected chi connectivity index (χ2v) is 9.50. The van der Waals surface area contributed by atoms with Crippen molar-refractivity contribution >= 4 is 39.3 Å². The van der Waals surface area contributed by atoms with Crippen molar-refractivity contribution in [3.05, 3.63) is 42.5 Å². The summed E-state index contributed by atoms with van der Waals surface area (Å²) in [7, 11) is 0. The number of hydrogen-bond acceptors (Lipinski definition) is 3. The van der Waals surface area contributed by atoms with E-state index >= 15 is 0 Å². The van der Waals surface area contributed by atoms with Crippen LogP contribution in [0.3, 0.4) is 0 Å². The van der Waals surface area contributed by atoms with Crippen LogP contribution in [0.1, 0.15) is 39.5 Å². The number of anilines is 1. The maximum absolute atomic E-state index is 13.1. The standard InChI is InChI=1S/C27H34N4O2/c1-3-31-24-9-5-4-8-22(24)23-18-21(10-11-25(23)31)28-26(32)19(2)29-16-12-20(13-17-29)27(33)30-14-6-7-15-30/h4-5,8-11,18-20H,3,6-7,12-17H2,1-2H3,(H,28,32). The van der Waals surface area contributed by atoms with E-state index in [4.69, 9.17) is 0 Å². The van der Waals surface area contributed by atoms with Crippen LogP contribution in [0.5, 0.6) is 0 Å². The Bertz CT molecular complexity index is 1170. The van der Waals surface area contributed by atoms with E-state index in [-0.39, 0.29) is 17.9 Å². The van der Waals surface area contributed by atoms with Gasteiger partial charge in [-0.15, -0.1) is 0 Å². The van der Waals surface area contributed by atoms with Crippen LogP contribution >= 0.6 is 0 Å². The van der Waals surface area contributed by atoms with Crippen molar-refractivity contribution in [2.45, 2.75) is 52.1 Å². The van der Waals surface area contributed by atoms with Crippen LogP contribution in [-0.2, 0) is 16.1 Å². The molecule has 174 valence electrons. The normalized spacial score (nSPS) is 18.8. The van der Waals surface area contributed by atoms with E-state index in [1.54, 1.807) is 0 Å². The van der Waals surface area contributed by atoms with Gasteiger partial charge in [-0.1, -0.05) is 18.2 Å². The summed E-state index contributed by atoms with van der Waals surface area (Å²) >= 11 is 0. The number of fused-ring (bicyclic) bond motifs is 3. The van der Waals surface area contributed by atoms with E-state index < -0.39 is 0 Å². The summed E-state index contributed by atoms with van der Waals surface area (Å²) in [6.45, 7) is 8.45. The first kappa shape index (κ1) is 22.0. The molecular formula is C27H34N4O2. The van der Waals surface area contributed by atoms with Gasteiger partial charge in [0.15, 0.2) is 0 Å². The highest BCUT2D eigenvalue weighted by molar-refractivity contribution is 6.10. The van der Waals surface area contributed by atoms with Crippen LogP contribution in [0, 0.1) is 5.92 Å². The highest BCUT2D eigenvalue weighted by Gasteiger charge is 2.32. The number of hydrogen-bond donors (Lipinski definition) is 1. The van der Waals surface area contributed by atoms with Crippen LogP contribution < -0.4 is 5.32 Å². The predicted molar refractivity (Wildman–Crippen MR) is 133 cm³/mol. The van der Waals surface area contributed by atoms with Crippen molar-refractivity contribution < 1.29 is 9.59 Å². The Kier molecular flexibility index (Phi) is 6.11. The second kappa shape index (κ2) is 9.18. The molecule has 0 radical (unpaired) electrons. The number of likely N-dealkylation sites (tertiary alicyclic amines) is 2. The minimum Gasteiger partial charge on any atom is -0.342 e. The lowest BCUT2D eigenvalue weighted by atomic mass is 9.94. The highest BCUT2D eigenvalue weighted by Crippen LogP contribution is 2.31. The lowest BCUT2D eigenvalue weighted by Gasteiger charge is -2.36. The molecule has 2 amide bonds. The van der Waals surface area contributed by atoms with Crippen molar-refractivity contribution in [3.63, 3.8) is 0 Å². The lowest BCUT2D eigenvalue weighted by molar-refractivity contribution is -0.136. The molecule has 2 fully saturated rings. The fraction of sp³-hybridized carbons (Fsp3) is 0.481. The van der Waals surface area contributed by atoms with Crippen LogP contribution in [0.25, 0.3) is 21.8 Å². The summed E-state index contributed by atoms with van der Waals surface area (Å²) in [5, 5.41) is 5.51. The van der Waals surface area contributed by atoms with Gasteiger partial charge < -0.3 is 14.8 Å². The number of nitrogens with zero attached hydrogens (tertiary/aromatic N) is 3. The molecule has 3 heterocycles. The molecule has 6 nitrogen and oxygen atoms in total. The summed E-state index contributed by atoms with van der Waals surface area (Å²) < 4.78 is 2.31. The average molecular weight is 447 g/mol. The van der Waals surface area contributed by atoms with Gasteiger partial charge >= 0.3 is 0 Å². The van der Waals surface area contributed by atoms with Crippen LogP contribution in [0.15, 0.2) is 42.5 Å². The van der Waals surface area contributed by atoms with Crippen molar-refractivity contribution in [3.8, 4) is 0 Å². The van der Waals surface area contributed by atoms with E-state index in [2.05, 4.69) is 58.1 Å². The minimum atomic E-state index is -0.222. The molecule has 1 aromatic heterocycles. The van der Waals surface area contributed by atoms with E-state index in [0.29, 0.717) is 5.91 Å². The molecule has 2 saturated heterocycles. The molecule has 0 spiro atoms. The largest absolute Gasteiger partial charge is 0.342 e. The van der Waals surface area contributed by atoms with Crippen LogP contribution in [-0.4, -0.2) is 58.4 Å². The lowest BCUT2D eigenvalue weighted by Crippen LogP contribution is -2.48. The van der Waals surface area contributed by atoms with Crippen molar-refractivity contribution in [2.24, 2.45) is 5.92 Å². The van der Waals surface area contributed by atoms with E-state index in [1.807, 2.05) is 17.9 Å². The SMILES string of the molecule is CCn1c2ccccc2c2cc(NC(=O)C(C)N3CCC(C(=O)N4CCCC4)CC3)ccc21. The summed E-state index contributed by atoms with van der Waals surface area (Å²) in [4.78, 5) is 30.0. The van der Waals surface area contributed by atoms with Gasteiger partial charge in [-0.2, -0.15) is 0 Å². The number of nitrogens with one attached hydrogen (secondary N) is 1.